The lowest BCUT2D eigenvalue weighted by molar-refractivity contribution is -0.340. The Balaban J connectivity index is 0.879. The van der Waals surface area contributed by atoms with Crippen LogP contribution < -0.4 is 51.6 Å². The molecule has 7 amide bonds. The Hall–Kier alpha value is -7.47. The first-order valence-electron chi connectivity index (χ1n) is 48.2. The van der Waals surface area contributed by atoms with Gasteiger partial charge in [-0.2, -0.15) is 29.0 Å². The Morgan fingerprint density at radius 2 is 1.45 bits per heavy atom. The summed E-state index contributed by atoms with van der Waals surface area (Å²) in [7, 11) is 9.46. The van der Waals surface area contributed by atoms with Crippen molar-refractivity contribution >= 4 is 138 Å². The van der Waals surface area contributed by atoms with Gasteiger partial charge < -0.3 is 143 Å². The molecule has 3 aromatic rings. The molecule has 9 rings (SSSR count). The number of aliphatic hydroxyl groups is 6. The largest absolute Gasteiger partial charge is 0.492 e. The van der Waals surface area contributed by atoms with E-state index in [2.05, 4.69) is 71.4 Å². The first kappa shape index (κ1) is 122. The molecule has 1 saturated carbocycles. The number of methoxy groups -OCH3 is 5. The fraction of sp³-hybridized carbons (Fsp3) is 0.680. The van der Waals surface area contributed by atoms with Gasteiger partial charge in [0.05, 0.1) is 155 Å². The van der Waals surface area contributed by atoms with Crippen LogP contribution in [-0.4, -0.2) is 368 Å². The number of carbonyl (C=O) groups is 9. The van der Waals surface area contributed by atoms with Crippen LogP contribution in [0.3, 0.4) is 0 Å². The molecule has 146 heavy (non-hydrogen) atoms. The Kier molecular flexibility index (Phi) is 51.2. The number of likely N-dealkylation sites (N-methyl/N-ethyl adjacent to an activating group) is 1. The maximum atomic E-state index is 14.8. The van der Waals surface area contributed by atoms with Gasteiger partial charge in [0, 0.05) is 99.6 Å². The van der Waals surface area contributed by atoms with E-state index in [4.69, 9.17) is 85.7 Å². The summed E-state index contributed by atoms with van der Waals surface area (Å²) in [6.07, 6.45) is -13.4. The summed E-state index contributed by atoms with van der Waals surface area (Å²) in [6, 6.07) is 0.942. The van der Waals surface area contributed by atoms with Gasteiger partial charge in [-0.3, -0.25) is 38.4 Å². The summed E-state index contributed by atoms with van der Waals surface area (Å²) in [5.74, 6) is 8.50. The van der Waals surface area contributed by atoms with Gasteiger partial charge in [0.2, 0.25) is 46.7 Å². The van der Waals surface area contributed by atoms with Crippen LogP contribution >= 0.6 is 79.5 Å². The number of allylic oxidation sites excluding steroid dienone is 2. The molecule has 5 fully saturated rings. The van der Waals surface area contributed by atoms with Crippen LogP contribution in [0, 0.1) is 51.9 Å². The Morgan fingerprint density at radius 3 is 2.10 bits per heavy atom. The van der Waals surface area contributed by atoms with Gasteiger partial charge >= 0.3 is 12.2 Å². The van der Waals surface area contributed by atoms with Crippen LogP contribution in [0.25, 0.3) is 0 Å². The third-order valence-corrected chi connectivity index (χ3v) is 31.9. The van der Waals surface area contributed by atoms with Gasteiger partial charge in [-0.15, -0.1) is 5.10 Å². The fourth-order valence-electron chi connectivity index (χ4n) is 17.1. The Bertz CT molecular complexity index is 4950. The zero-order valence-electron chi connectivity index (χ0n) is 85.2. The Morgan fingerprint density at radius 1 is 0.753 bits per heavy atom. The number of Topliss-reactive ketones (excluding diaryl/α,β-unsaturated/α-hetero) is 1. The van der Waals surface area contributed by atoms with Crippen molar-refractivity contribution in [1.29, 1.82) is 0 Å². The molecule has 43 nitrogen and oxygen atoms in total. The fourth-order valence-corrected chi connectivity index (χ4v) is 22.4. The highest BCUT2D eigenvalue weighted by Gasteiger charge is 2.54. The third-order valence-electron chi connectivity index (χ3n) is 24.9. The average Bonchev–Trinajstić information content (AvgIpc) is 0.887. The number of nitrogens with zero attached hydrogens (tertiary/aromatic N) is 4. The highest BCUT2D eigenvalue weighted by molar-refractivity contribution is 14.1. The van der Waals surface area contributed by atoms with Gasteiger partial charge in [0.15, 0.2) is 36.2 Å². The minimum atomic E-state index is -1.72. The van der Waals surface area contributed by atoms with E-state index in [1.165, 1.54) is 74.0 Å². The quantitative estimate of drug-likeness (QED) is 0.00866. The van der Waals surface area contributed by atoms with E-state index in [-0.39, 0.29) is 124 Å². The van der Waals surface area contributed by atoms with Gasteiger partial charge in [-0.05, 0) is 150 Å². The van der Waals surface area contributed by atoms with E-state index in [1.54, 1.807) is 102 Å². The Labute approximate surface area is 885 Å². The van der Waals surface area contributed by atoms with Crippen molar-refractivity contribution in [3.8, 4) is 40.9 Å². The second-order valence-electron chi connectivity index (χ2n) is 36.1. The number of amides is 7. The smallest absolute Gasteiger partial charge is 0.407 e. The lowest BCUT2D eigenvalue weighted by atomic mass is 9.77. The maximum absolute atomic E-state index is 14.8. The summed E-state index contributed by atoms with van der Waals surface area (Å²) in [5, 5.41) is 91.9. The number of nitrogens with one attached hydrogen (secondary N) is 7. The number of ketones is 1. The molecule has 2 aromatic carbocycles. The summed E-state index contributed by atoms with van der Waals surface area (Å²) in [6.45, 7) is 18.9. The van der Waals surface area contributed by atoms with E-state index in [0.717, 1.165) is 41.8 Å². The molecule has 5 heterocycles. The van der Waals surface area contributed by atoms with E-state index >= 15 is 0 Å². The molecular weight excluding hydrogens is 2120 g/mol. The molecule has 13 N–H and O–H groups in total. The molecule has 4 saturated heterocycles. The number of aryl methyl sites for hydroxylation is 1. The zero-order valence-corrected chi connectivity index (χ0v) is 91.5. The van der Waals surface area contributed by atoms with Crippen molar-refractivity contribution in [2.24, 2.45) is 17.8 Å². The number of aromatic nitrogens is 3. The zero-order chi connectivity index (χ0) is 107. The number of hydrogen-bond acceptors (Lipinski definition) is 40. The van der Waals surface area contributed by atoms with Crippen molar-refractivity contribution in [2.45, 2.75) is 277 Å². The van der Waals surface area contributed by atoms with Crippen LogP contribution in [0.5, 0.6) is 17.2 Å². The molecule has 814 valence electrons. The summed E-state index contributed by atoms with van der Waals surface area (Å²) >= 11 is 6.07. The number of thioether (sulfide) groups is 3. The van der Waals surface area contributed by atoms with Crippen LogP contribution in [0.1, 0.15) is 140 Å². The van der Waals surface area contributed by atoms with Crippen molar-refractivity contribution in [3.05, 3.63) is 79.7 Å². The second kappa shape index (κ2) is 61.3. The molecule has 0 bridgehead atoms. The number of anilines is 1. The lowest BCUT2D eigenvalue weighted by Gasteiger charge is -2.47. The predicted octanol–water partition coefficient (Wildman–Crippen LogP) is 5.16. The van der Waals surface area contributed by atoms with Crippen molar-refractivity contribution < 1.29 is 154 Å². The molecular formula is C97H142IN11O32S5. The number of halogens is 1. The number of benzene rings is 2. The highest BCUT2D eigenvalue weighted by atomic mass is 127. The number of ether oxygens (including phenoxy) is 16. The van der Waals surface area contributed by atoms with E-state index in [9.17, 15) is 68.7 Å². The summed E-state index contributed by atoms with van der Waals surface area (Å²) in [5.41, 5.74) is 6.44. The number of alkyl carbamates (subject to hydrolysis) is 2. The molecule has 49 heteroatoms. The maximum Gasteiger partial charge on any atom is 0.407 e. The number of fused-ring (bicyclic) bond motifs is 1. The number of aliphatic hydroxyl groups excluding tert-OH is 6. The first-order chi connectivity index (χ1) is 69.9. The molecule has 20 unspecified atom stereocenters. The van der Waals surface area contributed by atoms with E-state index in [1.807, 2.05) is 53.6 Å². The topological polar surface area (TPSA) is 550 Å². The molecule has 6 aliphatic rings. The summed E-state index contributed by atoms with van der Waals surface area (Å²) < 4.78 is 97.5. The van der Waals surface area contributed by atoms with E-state index in [0.29, 0.717) is 66.2 Å². The minimum Gasteiger partial charge on any atom is -0.492 e. The number of rotatable bonds is 54. The molecule has 0 radical (unpaired) electrons. The first-order valence-corrected chi connectivity index (χ1v) is 55.3. The van der Waals surface area contributed by atoms with Crippen molar-refractivity contribution in [1.82, 2.24) is 52.0 Å². The molecule has 4 aliphatic heterocycles. The predicted molar refractivity (Wildman–Crippen MR) is 552 cm³/mol. The van der Waals surface area contributed by atoms with Crippen molar-refractivity contribution in [3.63, 3.8) is 0 Å². The van der Waals surface area contributed by atoms with Crippen LogP contribution in [0.15, 0.2) is 48.1 Å². The SMILES string of the molecule is CCN(C(=O)CNC(=O)OCc1ccc(NC(=O)[C@H](C)NC(=O)[C@@H](NC(=O)CCCn2nnc(CSC)c2CSC)C(C)C)cc1)C1COC(OC2C(O[C@H]3C#C/C=C\C#CC4C(NC(=O)OC)C(=O)C[C@H](O)/C(=C/CSSC(C)(C)CCC(=O)NCCOCCOCCOCCO)C43)OC(C)C(NOC3CC(O)C(SC(=O)c4c(C)c(I)c(OC5OC(C)C(O)C(OC)C5O)c(OC)c4OC)C(C)O3)C2O)CC1OC. The standard InChI is InChI=1S/C97H142IN11O32S5/c1-18-108(72(116)47-100-95(123)134-48-58-27-29-59(30-28-58)102-90(120)54(5)101-91(121)78(52(2)3)103-71(115)26-23-35-109-64(51-143-17)62(50-142-16)105-107-109)63-49-133-73(46-69(63)125-11)139-87-82(118)79(106-141-74-45-67(113)89(57(8)135-74)145-92(122)75-53(4)77(98)85(88(128-14)84(75)126-12)140-93-83(119)86(127-13)81(117)56(7)137-93)55(6)136-94(87)138-68-25-22-20-19-21-24-61-76(68)60(65(111)44-66(112)80(61)104-96(124)129-15)32-43-144-146-97(9,10)33-31-70(114)99-34-37-130-39-41-132-42-40-131-38-36-110/h19-20,27-30,32,52,54-57,61,63,65,67-69,73-74,76,78-83,86-87,89,93-94,106,110-111,113,117-119H,18,23,26,31,33-51H2,1-17H3,(H,99,114)(H,100,123)(H,101,121)(H,102,120)(H,103,115)(H,104,124)/b20-19-,60-32-/t54-,55?,56?,57?,61?,63?,65-,67?,68-,69?,73?,74?,76?,78-,79?,80?,81?,82?,83?,86?,87?,89?,93?,94?/m0/s1. The van der Waals surface area contributed by atoms with E-state index < -0.39 is 204 Å². The number of carbonyl (C=O) groups excluding carboxylic acids is 9. The molecule has 24 atom stereocenters. The van der Waals surface area contributed by atoms with Crippen LogP contribution in [-0.2, 0) is 120 Å². The van der Waals surface area contributed by atoms with Crippen LogP contribution in [0.2, 0.25) is 0 Å². The molecule has 1 aromatic heterocycles. The third kappa shape index (κ3) is 35.0. The van der Waals surface area contributed by atoms with Crippen LogP contribution in [0.4, 0.5) is 15.3 Å². The second-order valence-corrected chi connectivity index (χ2v) is 43.1. The van der Waals surface area contributed by atoms with Crippen molar-refractivity contribution in [2.75, 3.05) is 132 Å². The summed E-state index contributed by atoms with van der Waals surface area (Å²) in [4.78, 5) is 131. The lowest BCUT2D eigenvalue weighted by Crippen LogP contribution is -2.65. The minimum absolute atomic E-state index is 0.0139. The van der Waals surface area contributed by atoms with Gasteiger partial charge in [-0.25, -0.2) is 14.3 Å². The monoisotopic (exact) mass is 2260 g/mol. The number of hydroxylamine groups is 1. The highest BCUT2D eigenvalue weighted by Crippen LogP contribution is 2.50. The number of hydrogen-bond donors (Lipinski definition) is 13. The molecule has 0 spiro atoms. The normalized spacial score (nSPS) is 27.1. The van der Waals surface area contributed by atoms with Gasteiger partial charge in [0.1, 0.15) is 67.9 Å². The van der Waals surface area contributed by atoms with Gasteiger partial charge in [-0.1, -0.05) is 94.3 Å². The molecule has 2 aliphatic carbocycles. The average molecular weight is 2260 g/mol. The van der Waals surface area contributed by atoms with Gasteiger partial charge in [0.25, 0.3) is 0 Å².